The predicted molar refractivity (Wildman–Crippen MR) is 55.7 cm³/mol. The summed E-state index contributed by atoms with van der Waals surface area (Å²) in [6.07, 6.45) is 0. The van der Waals surface area contributed by atoms with Crippen LogP contribution in [0.5, 0.6) is 0 Å². The zero-order chi connectivity index (χ0) is 9.42. The minimum Gasteiger partial charge on any atom is -0.358 e. The molecule has 0 aliphatic carbocycles. The van der Waals surface area contributed by atoms with Crippen molar-refractivity contribution in [1.29, 1.82) is 0 Å². The molecule has 0 aliphatic heterocycles. The Morgan fingerprint density at radius 3 is 2.77 bits per heavy atom. The summed E-state index contributed by atoms with van der Waals surface area (Å²) in [6.45, 7) is 4.83. The van der Waals surface area contributed by atoms with Gasteiger partial charge >= 0.3 is 0 Å². The fraction of sp³-hybridized carbons (Fsp3) is 0.273. The van der Waals surface area contributed by atoms with Gasteiger partial charge in [0, 0.05) is 23.1 Å². The molecule has 2 rings (SSSR count). The highest BCUT2D eigenvalue weighted by molar-refractivity contribution is 5.84. The van der Waals surface area contributed by atoms with E-state index in [4.69, 9.17) is 5.73 Å². The van der Waals surface area contributed by atoms with Gasteiger partial charge in [-0.2, -0.15) is 0 Å². The average molecular weight is 174 g/mol. The molecule has 68 valence electrons. The van der Waals surface area contributed by atoms with Crippen molar-refractivity contribution in [3.8, 4) is 0 Å². The molecule has 0 saturated heterocycles. The number of hydrogen-bond donors (Lipinski definition) is 2. The standard InChI is InChI=1S/C11H14N2/c1-7-8(2)13-11-5-9(6-12)3-4-10(7)11/h3-5,13H,6,12H2,1-2H3. The Labute approximate surface area is 77.8 Å². The first-order valence-electron chi connectivity index (χ1n) is 4.50. The number of nitrogens with two attached hydrogens (primary N) is 1. The second-order valence-electron chi connectivity index (χ2n) is 3.46. The third-order valence-electron chi connectivity index (χ3n) is 2.61. The Balaban J connectivity index is 2.73. The number of aromatic amines is 1. The van der Waals surface area contributed by atoms with E-state index in [0.717, 1.165) is 0 Å². The molecule has 2 aromatic rings. The van der Waals surface area contributed by atoms with Crippen LogP contribution in [0.25, 0.3) is 10.9 Å². The Kier molecular flexibility index (Phi) is 1.85. The third kappa shape index (κ3) is 1.23. The maximum atomic E-state index is 5.57. The highest BCUT2D eigenvalue weighted by Gasteiger charge is 2.03. The SMILES string of the molecule is Cc1[nH]c2cc(CN)ccc2c1C. The maximum Gasteiger partial charge on any atom is 0.0462 e. The van der Waals surface area contributed by atoms with E-state index in [0.29, 0.717) is 6.54 Å². The van der Waals surface area contributed by atoms with Gasteiger partial charge in [0.05, 0.1) is 0 Å². The first kappa shape index (κ1) is 8.32. The summed E-state index contributed by atoms with van der Waals surface area (Å²) >= 11 is 0. The Morgan fingerprint density at radius 1 is 1.31 bits per heavy atom. The molecule has 2 heteroatoms. The maximum absolute atomic E-state index is 5.57. The van der Waals surface area contributed by atoms with Crippen LogP contribution in [-0.4, -0.2) is 4.98 Å². The van der Waals surface area contributed by atoms with E-state index in [2.05, 4.69) is 37.0 Å². The summed E-state index contributed by atoms with van der Waals surface area (Å²) in [5.74, 6) is 0. The number of rotatable bonds is 1. The molecule has 0 saturated carbocycles. The van der Waals surface area contributed by atoms with Crippen molar-refractivity contribution < 1.29 is 0 Å². The lowest BCUT2D eigenvalue weighted by atomic mass is 10.1. The molecule has 0 bridgehead atoms. The highest BCUT2D eigenvalue weighted by Crippen LogP contribution is 2.21. The molecule has 0 radical (unpaired) electrons. The van der Waals surface area contributed by atoms with E-state index in [-0.39, 0.29) is 0 Å². The predicted octanol–water partition coefficient (Wildman–Crippen LogP) is 2.24. The molecule has 0 atom stereocenters. The van der Waals surface area contributed by atoms with Crippen LogP contribution in [-0.2, 0) is 6.54 Å². The van der Waals surface area contributed by atoms with E-state index in [1.807, 2.05) is 0 Å². The molecular formula is C11H14N2. The first-order valence-corrected chi connectivity index (χ1v) is 4.50. The van der Waals surface area contributed by atoms with Crippen LogP contribution >= 0.6 is 0 Å². The molecule has 1 aromatic carbocycles. The largest absolute Gasteiger partial charge is 0.358 e. The summed E-state index contributed by atoms with van der Waals surface area (Å²) in [4.78, 5) is 3.35. The van der Waals surface area contributed by atoms with E-state index in [1.165, 1.54) is 27.7 Å². The first-order chi connectivity index (χ1) is 6.22. The fourth-order valence-corrected chi connectivity index (χ4v) is 1.65. The molecule has 0 amide bonds. The molecule has 0 fully saturated rings. The van der Waals surface area contributed by atoms with Gasteiger partial charge in [0.1, 0.15) is 0 Å². The smallest absolute Gasteiger partial charge is 0.0462 e. The normalized spacial score (nSPS) is 11.0. The van der Waals surface area contributed by atoms with Crippen LogP contribution in [0, 0.1) is 13.8 Å². The van der Waals surface area contributed by atoms with Crippen LogP contribution < -0.4 is 5.73 Å². The number of hydrogen-bond acceptors (Lipinski definition) is 1. The van der Waals surface area contributed by atoms with Crippen LogP contribution in [0.15, 0.2) is 18.2 Å². The van der Waals surface area contributed by atoms with Crippen molar-refractivity contribution in [2.45, 2.75) is 20.4 Å². The van der Waals surface area contributed by atoms with E-state index in [9.17, 15) is 0 Å². The lowest BCUT2D eigenvalue weighted by Crippen LogP contribution is -1.95. The van der Waals surface area contributed by atoms with Crippen LogP contribution in [0.2, 0.25) is 0 Å². The van der Waals surface area contributed by atoms with Crippen molar-refractivity contribution in [3.63, 3.8) is 0 Å². The summed E-state index contributed by atoms with van der Waals surface area (Å²) in [5, 5.41) is 1.30. The molecule has 0 unspecified atom stereocenters. The van der Waals surface area contributed by atoms with Crippen molar-refractivity contribution in [2.24, 2.45) is 5.73 Å². The van der Waals surface area contributed by atoms with Gasteiger partial charge in [0.25, 0.3) is 0 Å². The Hall–Kier alpha value is -1.28. The van der Waals surface area contributed by atoms with Crippen molar-refractivity contribution >= 4 is 10.9 Å². The lowest BCUT2D eigenvalue weighted by Gasteiger charge is -1.96. The minimum absolute atomic E-state index is 0.604. The molecule has 1 aromatic heterocycles. The number of fused-ring (bicyclic) bond motifs is 1. The van der Waals surface area contributed by atoms with Crippen LogP contribution in [0.1, 0.15) is 16.8 Å². The molecule has 2 nitrogen and oxygen atoms in total. The number of H-pyrrole nitrogens is 1. The minimum atomic E-state index is 0.604. The van der Waals surface area contributed by atoms with E-state index in [1.54, 1.807) is 0 Å². The van der Waals surface area contributed by atoms with Gasteiger partial charge in [-0.15, -0.1) is 0 Å². The second-order valence-corrected chi connectivity index (χ2v) is 3.46. The second kappa shape index (κ2) is 2.89. The van der Waals surface area contributed by atoms with Gasteiger partial charge in [-0.1, -0.05) is 12.1 Å². The van der Waals surface area contributed by atoms with Crippen molar-refractivity contribution in [3.05, 3.63) is 35.0 Å². The van der Waals surface area contributed by atoms with Crippen LogP contribution in [0.4, 0.5) is 0 Å². The van der Waals surface area contributed by atoms with Gasteiger partial charge in [0.2, 0.25) is 0 Å². The molecular weight excluding hydrogens is 160 g/mol. The topological polar surface area (TPSA) is 41.8 Å². The Morgan fingerprint density at radius 2 is 2.08 bits per heavy atom. The monoisotopic (exact) mass is 174 g/mol. The number of aromatic nitrogens is 1. The molecule has 0 aliphatic rings. The van der Waals surface area contributed by atoms with Crippen molar-refractivity contribution in [1.82, 2.24) is 4.98 Å². The summed E-state index contributed by atoms with van der Waals surface area (Å²) in [5.41, 5.74) is 10.5. The quantitative estimate of drug-likeness (QED) is 0.684. The third-order valence-corrected chi connectivity index (χ3v) is 2.61. The zero-order valence-electron chi connectivity index (χ0n) is 8.02. The summed E-state index contributed by atoms with van der Waals surface area (Å²) in [7, 11) is 0. The van der Waals surface area contributed by atoms with Gasteiger partial charge in [-0.05, 0) is 31.0 Å². The van der Waals surface area contributed by atoms with Crippen LogP contribution in [0.3, 0.4) is 0 Å². The van der Waals surface area contributed by atoms with Gasteiger partial charge in [-0.25, -0.2) is 0 Å². The zero-order valence-corrected chi connectivity index (χ0v) is 8.02. The fourth-order valence-electron chi connectivity index (χ4n) is 1.65. The van der Waals surface area contributed by atoms with Gasteiger partial charge in [0.15, 0.2) is 0 Å². The van der Waals surface area contributed by atoms with E-state index < -0.39 is 0 Å². The molecule has 1 heterocycles. The van der Waals surface area contributed by atoms with E-state index >= 15 is 0 Å². The highest BCUT2D eigenvalue weighted by atomic mass is 14.7. The van der Waals surface area contributed by atoms with Crippen molar-refractivity contribution in [2.75, 3.05) is 0 Å². The molecule has 3 N–H and O–H groups in total. The molecule has 0 spiro atoms. The summed E-state index contributed by atoms with van der Waals surface area (Å²) < 4.78 is 0. The molecule has 13 heavy (non-hydrogen) atoms. The summed E-state index contributed by atoms with van der Waals surface area (Å²) in [6, 6.07) is 6.34. The lowest BCUT2D eigenvalue weighted by molar-refractivity contribution is 1.07. The number of aryl methyl sites for hydroxylation is 2. The Bertz CT molecular complexity index is 441. The number of nitrogens with one attached hydrogen (secondary N) is 1. The van der Waals surface area contributed by atoms with Gasteiger partial charge in [-0.3, -0.25) is 0 Å². The average Bonchev–Trinajstić information content (AvgIpc) is 2.42. The number of benzene rings is 1. The van der Waals surface area contributed by atoms with Gasteiger partial charge < -0.3 is 10.7 Å².